The van der Waals surface area contributed by atoms with Gasteiger partial charge in [0, 0.05) is 56.7 Å². The minimum atomic E-state index is 0.217. The van der Waals surface area contributed by atoms with E-state index in [4.69, 9.17) is 0 Å². The third-order valence-corrected chi connectivity index (χ3v) is 5.86. The van der Waals surface area contributed by atoms with Crippen LogP contribution in [0.3, 0.4) is 0 Å². The Kier molecular flexibility index (Phi) is 6.29. The molecule has 0 saturated carbocycles. The van der Waals surface area contributed by atoms with Gasteiger partial charge in [0.25, 0.3) is 0 Å². The van der Waals surface area contributed by atoms with Crippen LogP contribution in [-0.4, -0.2) is 55.1 Å². The summed E-state index contributed by atoms with van der Waals surface area (Å²) in [5.74, 6) is 1.30. The quantitative estimate of drug-likeness (QED) is 0.892. The molecule has 5 nitrogen and oxygen atoms in total. The predicted octanol–water partition coefficient (Wildman–Crippen LogP) is 2.53. The normalized spacial score (nSPS) is 25.0. The molecule has 2 atom stereocenters. The Balaban J connectivity index is 1.40. The fourth-order valence-corrected chi connectivity index (χ4v) is 4.19. The zero-order valence-corrected chi connectivity index (χ0v) is 15.7. The van der Waals surface area contributed by atoms with Crippen molar-refractivity contribution in [3.8, 4) is 0 Å². The fraction of sp³-hybridized carbons (Fsp3) is 0.700. The predicted molar refractivity (Wildman–Crippen MR) is 102 cm³/mol. The van der Waals surface area contributed by atoms with Crippen molar-refractivity contribution in [3.05, 3.63) is 24.5 Å². The monoisotopic (exact) mass is 344 g/mol. The highest BCUT2D eigenvalue weighted by atomic mass is 16.2. The van der Waals surface area contributed by atoms with Crippen LogP contribution in [-0.2, 0) is 4.79 Å². The first-order valence-electron chi connectivity index (χ1n) is 9.77. The van der Waals surface area contributed by atoms with Gasteiger partial charge in [-0.3, -0.25) is 9.78 Å². The highest BCUT2D eigenvalue weighted by Crippen LogP contribution is 2.25. The lowest BCUT2D eigenvalue weighted by atomic mass is 9.91. The smallest absolute Gasteiger partial charge is 0.225 e. The lowest BCUT2D eigenvalue weighted by Crippen LogP contribution is -2.43. The van der Waals surface area contributed by atoms with Gasteiger partial charge in [-0.2, -0.15) is 0 Å². The molecule has 138 valence electrons. The van der Waals surface area contributed by atoms with Crippen LogP contribution in [0.1, 0.15) is 39.0 Å². The zero-order chi connectivity index (χ0) is 17.6. The Bertz CT molecular complexity index is 542. The van der Waals surface area contributed by atoms with Crippen molar-refractivity contribution in [2.24, 2.45) is 11.8 Å². The molecule has 2 aliphatic rings. The molecule has 2 saturated heterocycles. The van der Waals surface area contributed by atoms with Crippen molar-refractivity contribution in [2.75, 3.05) is 38.1 Å². The molecule has 25 heavy (non-hydrogen) atoms. The van der Waals surface area contributed by atoms with Crippen LogP contribution in [0.4, 0.5) is 5.69 Å². The van der Waals surface area contributed by atoms with E-state index in [0.717, 1.165) is 51.4 Å². The van der Waals surface area contributed by atoms with E-state index in [-0.39, 0.29) is 5.92 Å². The second-order valence-corrected chi connectivity index (χ2v) is 7.76. The van der Waals surface area contributed by atoms with Crippen molar-refractivity contribution in [3.63, 3.8) is 0 Å². The molecule has 3 rings (SSSR count). The highest BCUT2D eigenvalue weighted by Gasteiger charge is 2.27. The molecule has 0 spiro atoms. The number of nitrogens with one attached hydrogen (secondary N) is 1. The minimum absolute atomic E-state index is 0.217. The zero-order valence-electron chi connectivity index (χ0n) is 15.7. The largest absolute Gasteiger partial charge is 0.371 e. The molecule has 5 heteroatoms. The summed E-state index contributed by atoms with van der Waals surface area (Å²) in [6.07, 6.45) is 9.26. The number of hydrogen-bond donors (Lipinski definition) is 1. The molecule has 1 amide bonds. The van der Waals surface area contributed by atoms with Crippen molar-refractivity contribution < 1.29 is 4.79 Å². The molecule has 1 aromatic rings. The third kappa shape index (κ3) is 4.94. The second-order valence-electron chi connectivity index (χ2n) is 7.76. The number of carbonyl (C=O) groups is 1. The van der Waals surface area contributed by atoms with Gasteiger partial charge in [-0.1, -0.05) is 0 Å². The third-order valence-electron chi connectivity index (χ3n) is 5.86. The lowest BCUT2D eigenvalue weighted by Gasteiger charge is -2.35. The van der Waals surface area contributed by atoms with Crippen molar-refractivity contribution >= 4 is 11.6 Å². The van der Waals surface area contributed by atoms with Crippen LogP contribution in [0, 0.1) is 11.8 Å². The van der Waals surface area contributed by atoms with Crippen LogP contribution < -0.4 is 10.2 Å². The Morgan fingerprint density at radius 3 is 2.68 bits per heavy atom. The number of rotatable bonds is 5. The van der Waals surface area contributed by atoms with E-state index < -0.39 is 0 Å². The van der Waals surface area contributed by atoms with Gasteiger partial charge in [-0.25, -0.2) is 0 Å². The minimum Gasteiger partial charge on any atom is -0.371 e. The number of nitrogens with zero attached hydrogens (tertiary/aromatic N) is 3. The van der Waals surface area contributed by atoms with E-state index in [1.165, 1.54) is 18.5 Å². The molecule has 1 aromatic heterocycles. The SMILES string of the molecule is C[C@H]1C[C@@H](C(=O)N(C)CCC2CCN(c3ccncc3)CC2)CCN1. The van der Waals surface area contributed by atoms with E-state index in [1.54, 1.807) is 0 Å². The van der Waals surface area contributed by atoms with E-state index >= 15 is 0 Å². The average Bonchev–Trinajstić information content (AvgIpc) is 2.66. The molecule has 1 N–H and O–H groups in total. The molecular formula is C20H32N4O. The number of carbonyl (C=O) groups excluding carboxylic acids is 1. The lowest BCUT2D eigenvalue weighted by molar-refractivity contribution is -0.135. The van der Waals surface area contributed by atoms with E-state index in [9.17, 15) is 4.79 Å². The van der Waals surface area contributed by atoms with Crippen LogP contribution >= 0.6 is 0 Å². The molecule has 0 unspecified atom stereocenters. The first-order chi connectivity index (χ1) is 12.1. The van der Waals surface area contributed by atoms with Gasteiger partial charge in [0.1, 0.15) is 0 Å². The van der Waals surface area contributed by atoms with Gasteiger partial charge in [-0.15, -0.1) is 0 Å². The van der Waals surface area contributed by atoms with Crippen LogP contribution in [0.5, 0.6) is 0 Å². The molecular weight excluding hydrogens is 312 g/mol. The van der Waals surface area contributed by atoms with Crippen LogP contribution in [0.15, 0.2) is 24.5 Å². The van der Waals surface area contributed by atoms with Gasteiger partial charge in [-0.05, 0) is 63.6 Å². The standard InChI is InChI=1S/C20H32N4O/c1-16-15-18(3-11-22-16)20(25)23(2)12-6-17-7-13-24(14-8-17)19-4-9-21-10-5-19/h4-5,9-10,16-18,22H,3,6-8,11-15H2,1-2H3/t16-,18-/m0/s1. The average molecular weight is 345 g/mol. The molecule has 0 bridgehead atoms. The van der Waals surface area contributed by atoms with Crippen LogP contribution in [0.25, 0.3) is 0 Å². The first-order valence-corrected chi connectivity index (χ1v) is 9.77. The van der Waals surface area contributed by atoms with Gasteiger partial charge in [0.15, 0.2) is 0 Å². The fourth-order valence-electron chi connectivity index (χ4n) is 4.19. The molecule has 0 aliphatic carbocycles. The summed E-state index contributed by atoms with van der Waals surface area (Å²) >= 11 is 0. The molecule has 2 aliphatic heterocycles. The Hall–Kier alpha value is -1.62. The summed E-state index contributed by atoms with van der Waals surface area (Å²) in [7, 11) is 1.99. The Labute approximate surface area is 151 Å². The molecule has 0 radical (unpaired) electrons. The number of piperidine rings is 2. The van der Waals surface area contributed by atoms with Gasteiger partial charge in [0.05, 0.1) is 0 Å². The highest BCUT2D eigenvalue weighted by molar-refractivity contribution is 5.78. The molecule has 3 heterocycles. The molecule has 0 aromatic carbocycles. The number of pyridine rings is 1. The number of amides is 1. The maximum atomic E-state index is 12.6. The van der Waals surface area contributed by atoms with Crippen molar-refractivity contribution in [2.45, 2.75) is 45.1 Å². The van der Waals surface area contributed by atoms with Gasteiger partial charge in [0.2, 0.25) is 5.91 Å². The summed E-state index contributed by atoms with van der Waals surface area (Å²) < 4.78 is 0. The Morgan fingerprint density at radius 1 is 1.28 bits per heavy atom. The van der Waals surface area contributed by atoms with Gasteiger partial charge < -0.3 is 15.1 Å². The van der Waals surface area contributed by atoms with E-state index in [1.807, 2.05) is 24.3 Å². The van der Waals surface area contributed by atoms with E-state index in [2.05, 4.69) is 34.3 Å². The summed E-state index contributed by atoms with van der Waals surface area (Å²) in [4.78, 5) is 21.2. The summed E-state index contributed by atoms with van der Waals surface area (Å²) in [5.41, 5.74) is 1.28. The number of aromatic nitrogens is 1. The van der Waals surface area contributed by atoms with Crippen LogP contribution in [0.2, 0.25) is 0 Å². The van der Waals surface area contributed by atoms with E-state index in [0.29, 0.717) is 11.9 Å². The Morgan fingerprint density at radius 2 is 2.00 bits per heavy atom. The maximum Gasteiger partial charge on any atom is 0.225 e. The first kappa shape index (κ1) is 18.2. The second kappa shape index (κ2) is 8.65. The van der Waals surface area contributed by atoms with Crippen molar-refractivity contribution in [1.29, 1.82) is 0 Å². The van der Waals surface area contributed by atoms with Gasteiger partial charge >= 0.3 is 0 Å². The number of anilines is 1. The maximum absolute atomic E-state index is 12.6. The summed E-state index contributed by atoms with van der Waals surface area (Å²) in [5, 5.41) is 3.43. The molecule has 2 fully saturated rings. The summed E-state index contributed by atoms with van der Waals surface area (Å²) in [6.45, 7) is 6.27. The summed E-state index contributed by atoms with van der Waals surface area (Å²) in [6, 6.07) is 4.65. The number of hydrogen-bond acceptors (Lipinski definition) is 4. The topological polar surface area (TPSA) is 48.5 Å². The van der Waals surface area contributed by atoms with Crippen molar-refractivity contribution in [1.82, 2.24) is 15.2 Å².